The van der Waals surface area contributed by atoms with Crippen LogP contribution in [0.15, 0.2) is 0 Å². The van der Waals surface area contributed by atoms with E-state index in [1.54, 1.807) is 9.80 Å². The summed E-state index contributed by atoms with van der Waals surface area (Å²) in [6.07, 6.45) is 13.6. The second-order valence-electron chi connectivity index (χ2n) is 6.90. The zero-order chi connectivity index (χ0) is 18.8. The van der Waals surface area contributed by atoms with Gasteiger partial charge in [-0.2, -0.15) is 0 Å². The van der Waals surface area contributed by atoms with Crippen LogP contribution in [0.3, 0.4) is 0 Å². The number of amides is 2. The third kappa shape index (κ3) is 19.0. The van der Waals surface area contributed by atoms with Crippen molar-refractivity contribution in [3.63, 3.8) is 0 Å². The van der Waals surface area contributed by atoms with Gasteiger partial charge >= 0.3 is 0 Å². The van der Waals surface area contributed by atoms with Gasteiger partial charge in [0.2, 0.25) is 11.8 Å². The van der Waals surface area contributed by atoms with Gasteiger partial charge in [0.1, 0.15) is 0 Å². The SMILES string of the molecule is CCCCCCCC(=O)N(C)C.CCCCCCCC(=O)N(C)C. The van der Waals surface area contributed by atoms with E-state index in [1.807, 2.05) is 28.2 Å². The van der Waals surface area contributed by atoms with E-state index in [1.165, 1.54) is 51.4 Å². The third-order valence-electron chi connectivity index (χ3n) is 3.99. The Morgan fingerprint density at radius 3 is 1.08 bits per heavy atom. The quantitative estimate of drug-likeness (QED) is 0.475. The molecule has 24 heavy (non-hydrogen) atoms. The molecule has 0 rings (SSSR count). The van der Waals surface area contributed by atoms with Crippen LogP contribution in [-0.2, 0) is 9.59 Å². The van der Waals surface area contributed by atoms with E-state index in [4.69, 9.17) is 0 Å². The maximum absolute atomic E-state index is 11.1. The largest absolute Gasteiger partial charge is 0.349 e. The van der Waals surface area contributed by atoms with Gasteiger partial charge in [-0.3, -0.25) is 9.59 Å². The van der Waals surface area contributed by atoms with Gasteiger partial charge in [-0.05, 0) is 12.8 Å². The van der Waals surface area contributed by atoms with E-state index in [0.29, 0.717) is 0 Å². The number of nitrogens with zero attached hydrogens (tertiary/aromatic N) is 2. The number of hydrogen-bond donors (Lipinski definition) is 0. The summed E-state index contributed by atoms with van der Waals surface area (Å²) in [5.41, 5.74) is 0. The predicted octanol–water partition coefficient (Wildman–Crippen LogP) is 4.87. The lowest BCUT2D eigenvalue weighted by atomic mass is 10.1. The number of rotatable bonds is 12. The fourth-order valence-corrected chi connectivity index (χ4v) is 2.21. The van der Waals surface area contributed by atoms with E-state index < -0.39 is 0 Å². The van der Waals surface area contributed by atoms with Crippen LogP contribution in [0.5, 0.6) is 0 Å². The fourth-order valence-electron chi connectivity index (χ4n) is 2.21. The highest BCUT2D eigenvalue weighted by Crippen LogP contribution is 2.06. The summed E-state index contributed by atoms with van der Waals surface area (Å²) in [5.74, 6) is 0.512. The van der Waals surface area contributed by atoms with Crippen molar-refractivity contribution in [3.05, 3.63) is 0 Å². The lowest BCUT2D eigenvalue weighted by Crippen LogP contribution is -2.20. The molecule has 0 aliphatic rings. The molecular formula is C20H42N2O2. The molecule has 2 amide bonds. The van der Waals surface area contributed by atoms with Crippen LogP contribution in [-0.4, -0.2) is 49.8 Å². The molecule has 0 aliphatic carbocycles. The minimum absolute atomic E-state index is 0.256. The Balaban J connectivity index is 0. The van der Waals surface area contributed by atoms with Gasteiger partial charge in [-0.15, -0.1) is 0 Å². The Kier molecular flexibility index (Phi) is 19.2. The normalized spacial score (nSPS) is 9.92. The highest BCUT2D eigenvalue weighted by Gasteiger charge is 2.02. The lowest BCUT2D eigenvalue weighted by Gasteiger charge is -2.09. The molecule has 0 saturated carbocycles. The molecule has 0 N–H and O–H groups in total. The molecule has 0 heterocycles. The van der Waals surface area contributed by atoms with Gasteiger partial charge in [0.05, 0.1) is 0 Å². The van der Waals surface area contributed by atoms with Crippen molar-refractivity contribution in [3.8, 4) is 0 Å². The summed E-state index contributed by atoms with van der Waals surface area (Å²) >= 11 is 0. The minimum Gasteiger partial charge on any atom is -0.349 e. The summed E-state index contributed by atoms with van der Waals surface area (Å²) in [4.78, 5) is 25.5. The van der Waals surface area contributed by atoms with Gasteiger partial charge in [0.25, 0.3) is 0 Å². The smallest absolute Gasteiger partial charge is 0.222 e. The molecule has 0 aromatic heterocycles. The standard InChI is InChI=1S/2C10H21NO/c2*1-4-5-6-7-8-9-10(12)11(2)3/h2*4-9H2,1-3H3. The number of unbranched alkanes of at least 4 members (excludes halogenated alkanes) is 8. The Labute approximate surface area is 151 Å². The Hall–Kier alpha value is -1.06. The molecular weight excluding hydrogens is 300 g/mol. The maximum atomic E-state index is 11.1. The molecule has 0 spiro atoms. The average Bonchev–Trinajstić information content (AvgIpc) is 2.54. The van der Waals surface area contributed by atoms with Crippen LogP contribution in [0.4, 0.5) is 0 Å². The Morgan fingerprint density at radius 2 is 0.833 bits per heavy atom. The van der Waals surface area contributed by atoms with E-state index in [-0.39, 0.29) is 11.8 Å². The second-order valence-corrected chi connectivity index (χ2v) is 6.90. The highest BCUT2D eigenvalue weighted by atomic mass is 16.2. The summed E-state index contributed by atoms with van der Waals surface area (Å²) in [6, 6.07) is 0. The second kappa shape index (κ2) is 18.3. The predicted molar refractivity (Wildman–Crippen MR) is 104 cm³/mol. The number of carbonyl (C=O) groups is 2. The number of carbonyl (C=O) groups excluding carboxylic acids is 2. The maximum Gasteiger partial charge on any atom is 0.222 e. The van der Waals surface area contributed by atoms with Crippen molar-refractivity contribution >= 4 is 11.8 Å². The van der Waals surface area contributed by atoms with Gasteiger partial charge in [-0.25, -0.2) is 0 Å². The first-order chi connectivity index (χ1) is 11.4. The van der Waals surface area contributed by atoms with E-state index >= 15 is 0 Å². The van der Waals surface area contributed by atoms with Crippen molar-refractivity contribution in [2.45, 2.75) is 90.9 Å². The first-order valence-electron chi connectivity index (χ1n) is 9.77. The van der Waals surface area contributed by atoms with Crippen molar-refractivity contribution in [1.29, 1.82) is 0 Å². The molecule has 0 fully saturated rings. The van der Waals surface area contributed by atoms with Crippen molar-refractivity contribution in [2.75, 3.05) is 28.2 Å². The molecule has 0 saturated heterocycles. The van der Waals surface area contributed by atoms with Crippen LogP contribution in [0.2, 0.25) is 0 Å². The minimum atomic E-state index is 0.256. The molecule has 144 valence electrons. The van der Waals surface area contributed by atoms with E-state index in [2.05, 4.69) is 13.8 Å². The Morgan fingerprint density at radius 1 is 0.542 bits per heavy atom. The summed E-state index contributed by atoms with van der Waals surface area (Å²) in [6.45, 7) is 4.40. The van der Waals surface area contributed by atoms with Gasteiger partial charge in [-0.1, -0.05) is 65.2 Å². The van der Waals surface area contributed by atoms with E-state index in [9.17, 15) is 9.59 Å². The highest BCUT2D eigenvalue weighted by molar-refractivity contribution is 5.75. The molecule has 4 heteroatoms. The first kappa shape index (κ1) is 25.2. The molecule has 0 aliphatic heterocycles. The lowest BCUT2D eigenvalue weighted by molar-refractivity contribution is -0.129. The van der Waals surface area contributed by atoms with Gasteiger partial charge < -0.3 is 9.80 Å². The van der Waals surface area contributed by atoms with E-state index in [0.717, 1.165) is 25.7 Å². The number of hydrogen-bond acceptors (Lipinski definition) is 2. The summed E-state index contributed by atoms with van der Waals surface area (Å²) in [5, 5.41) is 0. The molecule has 0 radical (unpaired) electrons. The van der Waals surface area contributed by atoms with Crippen LogP contribution < -0.4 is 0 Å². The van der Waals surface area contributed by atoms with Crippen molar-refractivity contribution in [2.24, 2.45) is 0 Å². The van der Waals surface area contributed by atoms with Gasteiger partial charge in [0, 0.05) is 41.0 Å². The molecule has 0 unspecified atom stereocenters. The van der Waals surface area contributed by atoms with Crippen molar-refractivity contribution < 1.29 is 9.59 Å². The summed E-state index contributed by atoms with van der Waals surface area (Å²) in [7, 11) is 7.26. The van der Waals surface area contributed by atoms with Crippen molar-refractivity contribution in [1.82, 2.24) is 9.80 Å². The molecule has 0 aromatic carbocycles. The zero-order valence-corrected chi connectivity index (χ0v) is 17.2. The van der Waals surface area contributed by atoms with Crippen LogP contribution in [0.25, 0.3) is 0 Å². The molecule has 0 atom stereocenters. The monoisotopic (exact) mass is 342 g/mol. The molecule has 0 aromatic rings. The first-order valence-corrected chi connectivity index (χ1v) is 9.77. The zero-order valence-electron chi connectivity index (χ0n) is 17.2. The summed E-state index contributed by atoms with van der Waals surface area (Å²) < 4.78 is 0. The molecule has 4 nitrogen and oxygen atoms in total. The Bertz CT molecular complexity index is 272. The fraction of sp³-hybridized carbons (Fsp3) is 0.900. The van der Waals surface area contributed by atoms with Crippen LogP contribution in [0.1, 0.15) is 90.9 Å². The van der Waals surface area contributed by atoms with Crippen LogP contribution in [0, 0.1) is 0 Å². The third-order valence-corrected chi connectivity index (χ3v) is 3.99. The average molecular weight is 343 g/mol. The van der Waals surface area contributed by atoms with Gasteiger partial charge in [0.15, 0.2) is 0 Å². The van der Waals surface area contributed by atoms with Crippen LogP contribution >= 0.6 is 0 Å². The topological polar surface area (TPSA) is 40.6 Å². The molecule has 0 bridgehead atoms.